The zero-order chi connectivity index (χ0) is 19.3. The van der Waals surface area contributed by atoms with Crippen LogP contribution >= 0.6 is 47.0 Å². The predicted octanol–water partition coefficient (Wildman–Crippen LogP) is 4.87. The maximum atomic E-state index is 11.9. The molecule has 0 aromatic heterocycles. The van der Waals surface area contributed by atoms with Gasteiger partial charge in [0.05, 0.1) is 11.3 Å². The molecule has 0 heterocycles. The maximum Gasteiger partial charge on any atom is 0.337 e. The molecule has 0 aliphatic carbocycles. The summed E-state index contributed by atoms with van der Waals surface area (Å²) < 4.78 is 0. The zero-order valence-corrected chi connectivity index (χ0v) is 16.0. The Labute approximate surface area is 169 Å². The first-order chi connectivity index (χ1) is 12.3. The van der Waals surface area contributed by atoms with Crippen molar-refractivity contribution in [3.8, 4) is 0 Å². The van der Waals surface area contributed by atoms with Crippen LogP contribution in [-0.4, -0.2) is 22.1 Å². The minimum absolute atomic E-state index is 0.0633. The number of carboxylic acid groups (broad SMARTS) is 1. The Hall–Kier alpha value is -2.12. The lowest BCUT2D eigenvalue weighted by molar-refractivity contribution is -0.115. The minimum atomic E-state index is -1.18. The van der Waals surface area contributed by atoms with E-state index < -0.39 is 11.9 Å². The Morgan fingerprint density at radius 3 is 2.35 bits per heavy atom. The SMILES string of the molecule is O=C(/C=C/c1ccc(Cl)cc1Cl)NC(=S)Nc1ccc(Cl)cc1C(=O)O. The average Bonchev–Trinajstić information content (AvgIpc) is 2.55. The number of thiocarbonyl (C=S) groups is 1. The number of carbonyl (C=O) groups excluding carboxylic acids is 1. The fraction of sp³-hybridized carbons (Fsp3) is 0. The van der Waals surface area contributed by atoms with E-state index in [1.54, 1.807) is 18.2 Å². The number of anilines is 1. The van der Waals surface area contributed by atoms with Gasteiger partial charge in [-0.25, -0.2) is 4.79 Å². The van der Waals surface area contributed by atoms with Gasteiger partial charge in [-0.2, -0.15) is 0 Å². The smallest absolute Gasteiger partial charge is 0.337 e. The Balaban J connectivity index is 2.03. The topological polar surface area (TPSA) is 78.4 Å². The minimum Gasteiger partial charge on any atom is -0.478 e. The Kier molecular flexibility index (Phi) is 6.99. The fourth-order valence-electron chi connectivity index (χ4n) is 1.91. The quantitative estimate of drug-likeness (QED) is 0.477. The molecule has 0 aliphatic rings. The second kappa shape index (κ2) is 9.00. The van der Waals surface area contributed by atoms with Crippen LogP contribution in [0, 0.1) is 0 Å². The molecule has 0 spiro atoms. The van der Waals surface area contributed by atoms with E-state index in [2.05, 4.69) is 10.6 Å². The van der Waals surface area contributed by atoms with Gasteiger partial charge in [0.25, 0.3) is 0 Å². The molecule has 0 atom stereocenters. The number of carboxylic acids is 1. The van der Waals surface area contributed by atoms with Gasteiger partial charge < -0.3 is 10.4 Å². The van der Waals surface area contributed by atoms with Crippen LogP contribution in [0.3, 0.4) is 0 Å². The van der Waals surface area contributed by atoms with E-state index in [1.807, 2.05) is 0 Å². The standard InChI is InChI=1S/C17H11Cl3N2O3S/c18-10-4-5-14(12(7-10)16(24)25)21-17(26)22-15(23)6-2-9-1-3-11(19)8-13(9)20/h1-8H,(H,24,25)(H2,21,22,23,26)/b6-2+. The first-order valence-corrected chi connectivity index (χ1v) is 8.58. The van der Waals surface area contributed by atoms with Gasteiger partial charge in [-0.3, -0.25) is 10.1 Å². The monoisotopic (exact) mass is 428 g/mol. The number of rotatable bonds is 4. The molecule has 2 rings (SSSR count). The number of hydrogen-bond donors (Lipinski definition) is 3. The van der Waals surface area contributed by atoms with Crippen molar-refractivity contribution in [1.82, 2.24) is 5.32 Å². The molecule has 26 heavy (non-hydrogen) atoms. The Morgan fingerprint density at radius 1 is 1.04 bits per heavy atom. The average molecular weight is 430 g/mol. The Morgan fingerprint density at radius 2 is 1.69 bits per heavy atom. The van der Waals surface area contributed by atoms with Crippen molar-refractivity contribution in [2.75, 3.05) is 5.32 Å². The maximum absolute atomic E-state index is 11.9. The van der Waals surface area contributed by atoms with Crippen molar-refractivity contribution in [3.05, 3.63) is 68.7 Å². The van der Waals surface area contributed by atoms with Crippen LogP contribution in [0.5, 0.6) is 0 Å². The van der Waals surface area contributed by atoms with Gasteiger partial charge in [-0.1, -0.05) is 40.9 Å². The summed E-state index contributed by atoms with van der Waals surface area (Å²) in [6.45, 7) is 0. The highest BCUT2D eigenvalue weighted by Crippen LogP contribution is 2.22. The van der Waals surface area contributed by atoms with Crippen LogP contribution in [0.4, 0.5) is 5.69 Å². The molecular weight excluding hydrogens is 419 g/mol. The molecule has 0 saturated carbocycles. The summed E-state index contributed by atoms with van der Waals surface area (Å²) in [6, 6.07) is 9.10. The highest BCUT2D eigenvalue weighted by Gasteiger charge is 2.12. The van der Waals surface area contributed by atoms with Gasteiger partial charge in [0, 0.05) is 21.1 Å². The van der Waals surface area contributed by atoms with Gasteiger partial charge in [-0.05, 0) is 54.2 Å². The van der Waals surface area contributed by atoms with Gasteiger partial charge in [0.1, 0.15) is 0 Å². The lowest BCUT2D eigenvalue weighted by Crippen LogP contribution is -2.33. The van der Waals surface area contributed by atoms with Gasteiger partial charge in [-0.15, -0.1) is 0 Å². The molecule has 0 saturated heterocycles. The summed E-state index contributed by atoms with van der Waals surface area (Å²) in [6.07, 6.45) is 2.74. The molecule has 0 aliphatic heterocycles. The van der Waals surface area contributed by atoms with Crippen molar-refractivity contribution < 1.29 is 14.7 Å². The molecule has 0 unspecified atom stereocenters. The number of benzene rings is 2. The summed E-state index contributed by atoms with van der Waals surface area (Å²) in [5.74, 6) is -1.69. The van der Waals surface area contributed by atoms with Crippen LogP contribution in [0.25, 0.3) is 6.08 Å². The summed E-state index contributed by atoms with van der Waals surface area (Å²) >= 11 is 22.6. The predicted molar refractivity (Wildman–Crippen MR) is 108 cm³/mol. The molecule has 0 bridgehead atoms. The van der Waals surface area contributed by atoms with Crippen molar-refractivity contribution >= 4 is 75.8 Å². The number of amides is 1. The van der Waals surface area contributed by atoms with Gasteiger partial charge in [0.2, 0.25) is 5.91 Å². The molecular formula is C17H11Cl3N2O3S. The second-order valence-corrected chi connectivity index (χ2v) is 6.63. The van der Waals surface area contributed by atoms with E-state index in [4.69, 9.17) is 47.0 Å². The van der Waals surface area contributed by atoms with Gasteiger partial charge >= 0.3 is 5.97 Å². The number of hydrogen-bond acceptors (Lipinski definition) is 3. The van der Waals surface area contributed by atoms with Crippen LogP contribution < -0.4 is 10.6 Å². The van der Waals surface area contributed by atoms with E-state index in [0.29, 0.717) is 15.6 Å². The van der Waals surface area contributed by atoms with Crippen molar-refractivity contribution in [2.24, 2.45) is 0 Å². The number of aromatic carboxylic acids is 1. The molecule has 134 valence electrons. The van der Waals surface area contributed by atoms with Crippen molar-refractivity contribution in [2.45, 2.75) is 0 Å². The third kappa shape index (κ3) is 5.71. The Bertz CT molecular complexity index is 916. The summed E-state index contributed by atoms with van der Waals surface area (Å²) in [4.78, 5) is 23.2. The summed E-state index contributed by atoms with van der Waals surface area (Å²) in [5, 5.41) is 15.3. The molecule has 0 fully saturated rings. The van der Waals surface area contributed by atoms with Crippen LogP contribution in [0.15, 0.2) is 42.5 Å². The summed E-state index contributed by atoms with van der Waals surface area (Å²) in [5.41, 5.74) is 0.741. The molecule has 2 aromatic rings. The third-order valence-corrected chi connectivity index (χ3v) is 4.08. The fourth-order valence-corrected chi connectivity index (χ4v) is 2.77. The van der Waals surface area contributed by atoms with Crippen LogP contribution in [0.1, 0.15) is 15.9 Å². The zero-order valence-electron chi connectivity index (χ0n) is 12.9. The molecule has 1 amide bonds. The van der Waals surface area contributed by atoms with Crippen LogP contribution in [-0.2, 0) is 4.79 Å². The third-order valence-electron chi connectivity index (χ3n) is 3.07. The highest BCUT2D eigenvalue weighted by atomic mass is 35.5. The first kappa shape index (κ1) is 20.2. The molecule has 5 nitrogen and oxygen atoms in total. The number of halogens is 3. The van der Waals surface area contributed by atoms with E-state index in [0.717, 1.165) is 0 Å². The first-order valence-electron chi connectivity index (χ1n) is 7.04. The normalized spacial score (nSPS) is 10.6. The number of nitrogens with one attached hydrogen (secondary N) is 2. The summed E-state index contributed by atoms with van der Waals surface area (Å²) in [7, 11) is 0. The van der Waals surface area contributed by atoms with Crippen molar-refractivity contribution in [1.29, 1.82) is 0 Å². The molecule has 2 aromatic carbocycles. The van der Waals surface area contributed by atoms with E-state index in [1.165, 1.54) is 30.4 Å². The van der Waals surface area contributed by atoms with Gasteiger partial charge in [0.15, 0.2) is 5.11 Å². The van der Waals surface area contributed by atoms with Crippen LogP contribution in [0.2, 0.25) is 15.1 Å². The molecule has 9 heteroatoms. The van der Waals surface area contributed by atoms with E-state index in [-0.39, 0.29) is 21.4 Å². The lowest BCUT2D eigenvalue weighted by Gasteiger charge is -2.11. The lowest BCUT2D eigenvalue weighted by atomic mass is 10.2. The highest BCUT2D eigenvalue weighted by molar-refractivity contribution is 7.80. The second-order valence-electron chi connectivity index (χ2n) is 4.94. The van der Waals surface area contributed by atoms with E-state index >= 15 is 0 Å². The molecule has 3 N–H and O–H groups in total. The largest absolute Gasteiger partial charge is 0.478 e. The van der Waals surface area contributed by atoms with E-state index in [9.17, 15) is 14.7 Å². The number of carbonyl (C=O) groups is 2. The van der Waals surface area contributed by atoms with Crippen molar-refractivity contribution in [3.63, 3.8) is 0 Å². The molecule has 0 radical (unpaired) electrons.